The molecule has 0 aromatic rings. The van der Waals surface area contributed by atoms with Crippen LogP contribution in [0.15, 0.2) is 23.3 Å². The molecule has 8 atom stereocenters. The second-order valence-corrected chi connectivity index (χ2v) is 13.1. The zero-order chi connectivity index (χ0) is 24.4. The van der Waals surface area contributed by atoms with Crippen LogP contribution in [-0.4, -0.2) is 28.5 Å². The summed E-state index contributed by atoms with van der Waals surface area (Å²) in [5.41, 5.74) is 3.03. The molecule has 0 aromatic carbocycles. The highest BCUT2D eigenvalue weighted by Gasteiger charge is 2.64. The summed E-state index contributed by atoms with van der Waals surface area (Å²) >= 11 is 0. The third-order valence-electron chi connectivity index (χ3n) is 11.5. The Morgan fingerprint density at radius 2 is 1.82 bits per heavy atom. The van der Waals surface area contributed by atoms with E-state index in [2.05, 4.69) is 41.5 Å². The Balaban J connectivity index is 1.63. The number of fused-ring (bicyclic) bond motifs is 4. The van der Waals surface area contributed by atoms with Gasteiger partial charge in [-0.2, -0.15) is 0 Å². The Morgan fingerprint density at radius 3 is 2.48 bits per heavy atom. The number of allylic oxidation sites excluding steroid dienone is 3. The Kier molecular flexibility index (Phi) is 6.21. The van der Waals surface area contributed by atoms with Crippen LogP contribution in [0.25, 0.3) is 0 Å². The van der Waals surface area contributed by atoms with Crippen molar-refractivity contribution in [2.75, 3.05) is 0 Å². The molecule has 0 saturated heterocycles. The van der Waals surface area contributed by atoms with E-state index in [0.717, 1.165) is 38.5 Å². The van der Waals surface area contributed by atoms with E-state index in [1.165, 1.54) is 18.9 Å². The predicted molar refractivity (Wildman–Crippen MR) is 131 cm³/mol. The molecule has 3 nitrogen and oxygen atoms in total. The number of carboxylic acids is 1. The van der Waals surface area contributed by atoms with E-state index in [0.29, 0.717) is 24.2 Å². The van der Waals surface area contributed by atoms with Gasteiger partial charge in [-0.05, 0) is 97.2 Å². The van der Waals surface area contributed by atoms with Gasteiger partial charge in [-0.1, -0.05) is 58.8 Å². The highest BCUT2D eigenvalue weighted by atomic mass is 19.1. The first-order chi connectivity index (χ1) is 15.3. The van der Waals surface area contributed by atoms with Crippen molar-refractivity contribution < 1.29 is 19.4 Å². The third-order valence-corrected chi connectivity index (χ3v) is 11.5. The average molecular weight is 461 g/mol. The molecule has 0 bridgehead atoms. The number of aliphatic hydroxyl groups is 1. The van der Waals surface area contributed by atoms with Gasteiger partial charge in [-0.25, -0.2) is 9.18 Å². The van der Waals surface area contributed by atoms with Crippen LogP contribution >= 0.6 is 0 Å². The second kappa shape index (κ2) is 8.21. The third kappa shape index (κ3) is 3.56. The van der Waals surface area contributed by atoms with Crippen LogP contribution in [0.5, 0.6) is 0 Å². The summed E-state index contributed by atoms with van der Waals surface area (Å²) < 4.78 is 15.1. The number of rotatable bonds is 5. The lowest BCUT2D eigenvalue weighted by atomic mass is 9.43. The lowest BCUT2D eigenvalue weighted by molar-refractivity contribution is -0.135. The fraction of sp³-hybridized carbons (Fsp3) is 0.828. The largest absolute Gasteiger partial charge is 0.478 e. The van der Waals surface area contributed by atoms with Crippen LogP contribution in [0, 0.1) is 39.4 Å². The summed E-state index contributed by atoms with van der Waals surface area (Å²) in [7, 11) is 0. The van der Waals surface area contributed by atoms with Crippen LogP contribution in [0.1, 0.15) is 99.3 Å². The zero-order valence-electron chi connectivity index (χ0n) is 21.6. The van der Waals surface area contributed by atoms with Crippen molar-refractivity contribution in [1.29, 1.82) is 0 Å². The van der Waals surface area contributed by atoms with Crippen molar-refractivity contribution in [3.05, 3.63) is 23.3 Å². The maximum Gasteiger partial charge on any atom is 0.327 e. The Morgan fingerprint density at radius 1 is 1.12 bits per heavy atom. The standard InChI is InChI=1S/C29H45FO3/c1-18(9-7-8-10-24(31)32)19-13-15-29(6)21-11-12-23-26(2,3)25(33)22(30)17-27(23,4)20(21)14-16-28(19,29)5/h8,10,18-19,22-23,25,33H,7,9,11-17H2,1-6H3,(H,31,32)/b10-8+/t18-,19-,22-,23+,25+,27-,28-,29+/m1/s1. The summed E-state index contributed by atoms with van der Waals surface area (Å²) in [4.78, 5) is 10.8. The van der Waals surface area contributed by atoms with E-state index in [4.69, 9.17) is 5.11 Å². The highest BCUT2D eigenvalue weighted by molar-refractivity contribution is 5.79. The lowest BCUT2D eigenvalue weighted by Gasteiger charge is -2.62. The van der Waals surface area contributed by atoms with Crippen molar-refractivity contribution in [3.63, 3.8) is 0 Å². The van der Waals surface area contributed by atoms with Gasteiger partial charge in [0.05, 0.1) is 6.10 Å². The maximum absolute atomic E-state index is 15.1. The number of aliphatic hydroxyl groups excluding tert-OH is 1. The first kappa shape index (κ1) is 24.9. The minimum atomic E-state index is -1.15. The van der Waals surface area contributed by atoms with Crippen LogP contribution in [0.3, 0.4) is 0 Å². The first-order valence-electron chi connectivity index (χ1n) is 13.2. The van der Waals surface area contributed by atoms with Crippen molar-refractivity contribution in [1.82, 2.24) is 0 Å². The van der Waals surface area contributed by atoms with E-state index in [1.54, 1.807) is 17.2 Å². The lowest BCUT2D eigenvalue weighted by Crippen LogP contribution is -2.58. The molecule has 4 aliphatic carbocycles. The van der Waals surface area contributed by atoms with Crippen molar-refractivity contribution >= 4 is 5.97 Å². The van der Waals surface area contributed by atoms with Crippen molar-refractivity contribution in [3.8, 4) is 0 Å². The summed E-state index contributed by atoms with van der Waals surface area (Å²) in [5.74, 6) is 0.658. The molecule has 0 radical (unpaired) electrons. The van der Waals surface area contributed by atoms with Crippen LogP contribution in [0.4, 0.5) is 4.39 Å². The molecule has 0 aliphatic heterocycles. The number of aliphatic carboxylic acids is 1. The van der Waals surface area contributed by atoms with Gasteiger partial charge >= 0.3 is 5.97 Å². The topological polar surface area (TPSA) is 57.5 Å². The highest BCUT2D eigenvalue weighted by Crippen LogP contribution is 2.72. The Labute approximate surface area is 199 Å². The number of halogens is 1. The quantitative estimate of drug-likeness (QED) is 0.340. The summed E-state index contributed by atoms with van der Waals surface area (Å²) in [6.07, 6.45) is 10.2. The molecule has 4 aliphatic rings. The predicted octanol–water partition coefficient (Wildman–Crippen LogP) is 7.10. The van der Waals surface area contributed by atoms with Crippen molar-refractivity contribution in [2.45, 2.75) is 112 Å². The smallest absolute Gasteiger partial charge is 0.327 e. The molecule has 0 heterocycles. The van der Waals surface area contributed by atoms with Gasteiger partial charge in [0.2, 0.25) is 0 Å². The second-order valence-electron chi connectivity index (χ2n) is 13.1. The molecule has 4 heteroatoms. The molecule has 186 valence electrons. The minimum Gasteiger partial charge on any atom is -0.478 e. The molecule has 2 N–H and O–H groups in total. The minimum absolute atomic E-state index is 0.147. The number of carboxylic acid groups (broad SMARTS) is 1. The van der Waals surface area contributed by atoms with Gasteiger partial charge in [0.25, 0.3) is 0 Å². The van der Waals surface area contributed by atoms with E-state index in [1.807, 2.05) is 0 Å². The summed E-state index contributed by atoms with van der Waals surface area (Å²) in [6, 6.07) is 0. The SMILES string of the molecule is C[C@H](CC/C=C/C(=O)O)[C@H]1CC[C@@]2(C)C3=C(CC[C@]12C)[C@@]1(C)C[C@@H](F)[C@H](O)C(C)(C)[C@@H]1CC3. The molecular formula is C29H45FO3. The van der Waals surface area contributed by atoms with E-state index < -0.39 is 23.7 Å². The Hall–Kier alpha value is -1.16. The van der Waals surface area contributed by atoms with Gasteiger partial charge in [0.15, 0.2) is 0 Å². The molecule has 2 fully saturated rings. The average Bonchev–Trinajstić information content (AvgIpc) is 3.01. The molecule has 0 unspecified atom stereocenters. The Bertz CT molecular complexity index is 859. The number of alkyl halides is 1. The first-order valence-corrected chi connectivity index (χ1v) is 13.2. The fourth-order valence-corrected chi connectivity index (χ4v) is 9.46. The van der Waals surface area contributed by atoms with Gasteiger partial charge in [-0.3, -0.25) is 0 Å². The number of hydrogen-bond donors (Lipinski definition) is 2. The fourth-order valence-electron chi connectivity index (χ4n) is 9.46. The van der Waals surface area contributed by atoms with E-state index in [9.17, 15) is 9.90 Å². The van der Waals surface area contributed by atoms with Crippen LogP contribution in [0.2, 0.25) is 0 Å². The molecule has 4 rings (SSSR count). The van der Waals surface area contributed by atoms with Gasteiger partial charge in [0, 0.05) is 6.08 Å². The molecule has 0 amide bonds. The van der Waals surface area contributed by atoms with Crippen LogP contribution in [-0.2, 0) is 4.79 Å². The zero-order valence-corrected chi connectivity index (χ0v) is 21.6. The van der Waals surface area contributed by atoms with Gasteiger partial charge in [0.1, 0.15) is 6.17 Å². The van der Waals surface area contributed by atoms with Gasteiger partial charge < -0.3 is 10.2 Å². The molecule has 2 saturated carbocycles. The van der Waals surface area contributed by atoms with Gasteiger partial charge in [-0.15, -0.1) is 0 Å². The van der Waals surface area contributed by atoms with Crippen molar-refractivity contribution in [2.24, 2.45) is 39.4 Å². The van der Waals surface area contributed by atoms with E-state index in [-0.39, 0.29) is 16.2 Å². The molecular weight excluding hydrogens is 415 g/mol. The number of hydrogen-bond acceptors (Lipinski definition) is 2. The molecule has 0 aromatic heterocycles. The molecule has 0 spiro atoms. The normalized spacial score (nSPS) is 45.5. The maximum atomic E-state index is 15.1. The van der Waals surface area contributed by atoms with Crippen LogP contribution < -0.4 is 0 Å². The van der Waals surface area contributed by atoms with E-state index >= 15 is 4.39 Å². The monoisotopic (exact) mass is 460 g/mol. The summed E-state index contributed by atoms with van der Waals surface area (Å²) in [6.45, 7) is 13.8. The molecule has 33 heavy (non-hydrogen) atoms. The number of carbonyl (C=O) groups is 1. The summed E-state index contributed by atoms with van der Waals surface area (Å²) in [5, 5.41) is 19.6.